The van der Waals surface area contributed by atoms with Crippen molar-refractivity contribution >= 4 is 14.0 Å². The van der Waals surface area contributed by atoms with E-state index in [-0.39, 0.29) is 11.5 Å². The lowest BCUT2D eigenvalue weighted by molar-refractivity contribution is -0.140. The van der Waals surface area contributed by atoms with Gasteiger partial charge in [-0.2, -0.15) is 0 Å². The minimum absolute atomic E-state index is 0.0340. The molecule has 0 aliphatic carbocycles. The molecule has 14 heavy (non-hydrogen) atoms. The van der Waals surface area contributed by atoms with Gasteiger partial charge >= 0.3 is 5.97 Å². The molecule has 0 amide bonds. The molecule has 0 aromatic heterocycles. The second kappa shape index (κ2) is 6.01. The normalized spacial score (nSPS) is 13.4. The maximum absolute atomic E-state index is 11.5. The monoisotopic (exact) mass is 214 g/mol. The number of carbonyl (C=O) groups is 1. The number of ether oxygens (including phenoxy) is 1. The van der Waals surface area contributed by atoms with Crippen LogP contribution < -0.4 is 0 Å². The fourth-order valence-electron chi connectivity index (χ4n) is 1.51. The summed E-state index contributed by atoms with van der Waals surface area (Å²) in [6.07, 6.45) is 4.86. The van der Waals surface area contributed by atoms with E-state index in [1.54, 1.807) is 0 Å². The van der Waals surface area contributed by atoms with Crippen LogP contribution in [0.3, 0.4) is 0 Å². The maximum atomic E-state index is 11.5. The largest absolute Gasteiger partial charge is 0.469 e. The summed E-state index contributed by atoms with van der Waals surface area (Å²) in [6.45, 7) is 10.3. The van der Waals surface area contributed by atoms with Crippen LogP contribution in [-0.4, -0.2) is 21.2 Å². The van der Waals surface area contributed by atoms with Gasteiger partial charge in [0.15, 0.2) is 0 Å². The second-order valence-electron chi connectivity index (χ2n) is 4.66. The van der Waals surface area contributed by atoms with E-state index in [4.69, 9.17) is 4.74 Å². The predicted octanol–water partition coefficient (Wildman–Crippen LogP) is 3.22. The molecule has 0 aliphatic heterocycles. The number of hydrogen-bond donors (Lipinski definition) is 0. The zero-order chi connectivity index (χ0) is 11.2. The van der Waals surface area contributed by atoms with Gasteiger partial charge in [0.25, 0.3) is 0 Å². The molecule has 0 fully saturated rings. The van der Waals surface area contributed by atoms with Crippen LogP contribution in [0.4, 0.5) is 0 Å². The molecule has 0 aliphatic rings. The lowest BCUT2D eigenvalue weighted by Gasteiger charge is -2.26. The fourth-order valence-corrected chi connectivity index (χ4v) is 3.41. The molecule has 1 atom stereocenters. The zero-order valence-electron chi connectivity index (χ0n) is 9.80. The van der Waals surface area contributed by atoms with Gasteiger partial charge in [0.05, 0.1) is 20.7 Å². The van der Waals surface area contributed by atoms with Crippen molar-refractivity contribution < 1.29 is 9.53 Å². The Bertz CT molecular complexity index is 194. The Hall–Kier alpha value is -0.573. The van der Waals surface area contributed by atoms with Crippen LogP contribution in [0.2, 0.25) is 25.2 Å². The molecule has 82 valence electrons. The van der Waals surface area contributed by atoms with Gasteiger partial charge in [-0.05, 0) is 19.3 Å². The fraction of sp³-hybridized carbons (Fsp3) is 0.727. The Balaban J connectivity index is 4.26. The Morgan fingerprint density at radius 3 is 2.43 bits per heavy atom. The van der Waals surface area contributed by atoms with E-state index in [1.165, 1.54) is 7.11 Å². The smallest absolute Gasteiger partial charge is 0.305 e. The summed E-state index contributed by atoms with van der Waals surface area (Å²) >= 11 is 0. The summed E-state index contributed by atoms with van der Waals surface area (Å²) in [5.41, 5.74) is 0.132. The van der Waals surface area contributed by atoms with Crippen molar-refractivity contribution in [3.05, 3.63) is 12.7 Å². The van der Waals surface area contributed by atoms with E-state index >= 15 is 0 Å². The standard InChI is InChI=1S/C11H22O2Si/c1-6-7-8-9-10(11(12)13-2)14(3,4)5/h6,10H,1,7-9H2,2-5H3/t10-/m0/s1. The number of esters is 1. The molecule has 0 unspecified atom stereocenters. The summed E-state index contributed by atoms with van der Waals surface area (Å²) in [4.78, 5) is 11.5. The zero-order valence-corrected chi connectivity index (χ0v) is 10.8. The SMILES string of the molecule is C=CCCC[C@@H](C(=O)OC)[Si](C)(C)C. The minimum atomic E-state index is -1.43. The molecule has 0 radical (unpaired) electrons. The van der Waals surface area contributed by atoms with E-state index in [1.807, 2.05) is 6.08 Å². The van der Waals surface area contributed by atoms with Crippen LogP contribution in [0, 0.1) is 0 Å². The topological polar surface area (TPSA) is 26.3 Å². The lowest BCUT2D eigenvalue weighted by Crippen LogP contribution is -2.34. The highest BCUT2D eigenvalue weighted by atomic mass is 28.3. The van der Waals surface area contributed by atoms with Crippen LogP contribution in [0.5, 0.6) is 0 Å². The summed E-state index contributed by atoms with van der Waals surface area (Å²) in [7, 11) is 0.0456. The molecule has 3 heteroatoms. The quantitative estimate of drug-likeness (QED) is 0.294. The highest BCUT2D eigenvalue weighted by molar-refractivity contribution is 6.80. The maximum Gasteiger partial charge on any atom is 0.305 e. The average Bonchev–Trinajstić information content (AvgIpc) is 2.09. The molecular formula is C11H22O2Si. The van der Waals surface area contributed by atoms with Crippen molar-refractivity contribution in [1.29, 1.82) is 0 Å². The van der Waals surface area contributed by atoms with Crippen LogP contribution in [-0.2, 0) is 9.53 Å². The third-order valence-corrected chi connectivity index (χ3v) is 5.05. The van der Waals surface area contributed by atoms with E-state index in [0.717, 1.165) is 19.3 Å². The first-order valence-electron chi connectivity index (χ1n) is 5.12. The van der Waals surface area contributed by atoms with Gasteiger partial charge in [-0.15, -0.1) is 6.58 Å². The molecular weight excluding hydrogens is 192 g/mol. The number of rotatable bonds is 6. The van der Waals surface area contributed by atoms with E-state index in [0.29, 0.717) is 0 Å². The Labute approximate surface area is 88.4 Å². The molecule has 0 spiro atoms. The van der Waals surface area contributed by atoms with Crippen molar-refractivity contribution in [2.24, 2.45) is 0 Å². The number of unbranched alkanes of at least 4 members (excludes halogenated alkanes) is 1. The molecule has 0 N–H and O–H groups in total. The van der Waals surface area contributed by atoms with Gasteiger partial charge in [-0.3, -0.25) is 4.79 Å². The molecule has 0 aromatic rings. The highest BCUT2D eigenvalue weighted by Gasteiger charge is 2.32. The molecule has 2 nitrogen and oxygen atoms in total. The molecule has 0 saturated heterocycles. The van der Waals surface area contributed by atoms with E-state index in [2.05, 4.69) is 26.2 Å². The summed E-state index contributed by atoms with van der Waals surface area (Å²) in [5.74, 6) is -0.0340. The number of carbonyl (C=O) groups excluding carboxylic acids is 1. The Morgan fingerprint density at radius 2 is 2.07 bits per heavy atom. The molecule has 0 aromatic carbocycles. The van der Waals surface area contributed by atoms with Gasteiger partial charge in [0.1, 0.15) is 0 Å². The Morgan fingerprint density at radius 1 is 1.50 bits per heavy atom. The second-order valence-corrected chi connectivity index (χ2v) is 10.1. The van der Waals surface area contributed by atoms with Crippen LogP contribution in [0.25, 0.3) is 0 Å². The molecule has 0 heterocycles. The van der Waals surface area contributed by atoms with Crippen molar-refractivity contribution in [3.63, 3.8) is 0 Å². The Kier molecular flexibility index (Phi) is 5.77. The number of allylic oxidation sites excluding steroid dienone is 1. The first-order valence-corrected chi connectivity index (χ1v) is 8.70. The van der Waals surface area contributed by atoms with Crippen molar-refractivity contribution in [2.75, 3.05) is 7.11 Å². The van der Waals surface area contributed by atoms with E-state index in [9.17, 15) is 4.79 Å². The van der Waals surface area contributed by atoms with Crippen molar-refractivity contribution in [1.82, 2.24) is 0 Å². The predicted molar refractivity (Wildman–Crippen MR) is 63.2 cm³/mol. The third kappa shape index (κ3) is 4.60. The van der Waals surface area contributed by atoms with Crippen molar-refractivity contribution in [2.45, 2.75) is 44.4 Å². The van der Waals surface area contributed by atoms with Gasteiger partial charge in [0, 0.05) is 0 Å². The van der Waals surface area contributed by atoms with Gasteiger partial charge in [0.2, 0.25) is 0 Å². The third-order valence-electron chi connectivity index (χ3n) is 2.43. The molecule has 0 bridgehead atoms. The molecule has 0 rings (SSSR count). The van der Waals surface area contributed by atoms with E-state index < -0.39 is 8.07 Å². The highest BCUT2D eigenvalue weighted by Crippen LogP contribution is 2.28. The van der Waals surface area contributed by atoms with Gasteiger partial charge in [-0.1, -0.05) is 25.7 Å². The average molecular weight is 214 g/mol. The lowest BCUT2D eigenvalue weighted by atomic mass is 10.2. The van der Waals surface area contributed by atoms with Gasteiger partial charge in [-0.25, -0.2) is 0 Å². The molecule has 0 saturated carbocycles. The summed E-state index contributed by atoms with van der Waals surface area (Å²) < 4.78 is 4.84. The summed E-state index contributed by atoms with van der Waals surface area (Å²) in [5, 5.41) is 0. The minimum Gasteiger partial charge on any atom is -0.469 e. The first-order chi connectivity index (χ1) is 6.43. The van der Waals surface area contributed by atoms with Gasteiger partial charge < -0.3 is 4.74 Å². The van der Waals surface area contributed by atoms with Crippen LogP contribution >= 0.6 is 0 Å². The van der Waals surface area contributed by atoms with Crippen LogP contribution in [0.1, 0.15) is 19.3 Å². The summed E-state index contributed by atoms with van der Waals surface area (Å²) in [6, 6.07) is 0. The number of methoxy groups -OCH3 is 1. The number of hydrogen-bond acceptors (Lipinski definition) is 2. The van der Waals surface area contributed by atoms with Crippen LogP contribution in [0.15, 0.2) is 12.7 Å². The van der Waals surface area contributed by atoms with Crippen molar-refractivity contribution in [3.8, 4) is 0 Å². The first kappa shape index (κ1) is 13.4.